The standard InChI is InChI=1S/C15H22N6O8P2S/c1-19-7-17-21-14(32)9-12(18-15(19)21)20(6-16-9)13-11(26-2)10(29-31(4,24)25)8(28-13)5-27-30(3,22)23/h6-8,10-11,13H,5H2,1-4H3,(H,22,23)(H,24,25)/t8-,10-,11-,13-/m1/s1. The van der Waals surface area contributed by atoms with Gasteiger partial charge in [0.2, 0.25) is 5.78 Å². The summed E-state index contributed by atoms with van der Waals surface area (Å²) in [5, 5.41) is 4.18. The van der Waals surface area contributed by atoms with E-state index in [2.05, 4.69) is 15.1 Å². The van der Waals surface area contributed by atoms with Crippen molar-refractivity contribution in [1.29, 1.82) is 0 Å². The number of aromatic nitrogens is 6. The van der Waals surface area contributed by atoms with Crippen LogP contribution in [0.3, 0.4) is 0 Å². The molecule has 14 nitrogen and oxygen atoms in total. The zero-order chi connectivity index (χ0) is 23.4. The number of fused-ring (bicyclic) bond motifs is 2. The first-order valence-electron chi connectivity index (χ1n) is 9.28. The number of rotatable bonds is 7. The van der Waals surface area contributed by atoms with Crippen molar-refractivity contribution in [3.05, 3.63) is 17.3 Å². The highest BCUT2D eigenvalue weighted by molar-refractivity contribution is 7.71. The van der Waals surface area contributed by atoms with Crippen LogP contribution in [0.5, 0.6) is 0 Å². The van der Waals surface area contributed by atoms with Crippen molar-refractivity contribution in [2.45, 2.75) is 24.5 Å². The third-order valence-electron chi connectivity index (χ3n) is 4.84. The van der Waals surface area contributed by atoms with Crippen LogP contribution >= 0.6 is 27.4 Å². The van der Waals surface area contributed by atoms with E-state index in [9.17, 15) is 18.9 Å². The van der Waals surface area contributed by atoms with E-state index >= 15 is 0 Å². The van der Waals surface area contributed by atoms with Gasteiger partial charge >= 0.3 is 15.2 Å². The highest BCUT2D eigenvalue weighted by Gasteiger charge is 2.49. The van der Waals surface area contributed by atoms with E-state index in [1.165, 1.54) is 18.0 Å². The molecule has 4 rings (SSSR count). The SMILES string of the molecule is CO[C@@H]1[C@H](OP(C)(=O)O)[C@@H](COP(C)(=O)O)O[C@H]1n1cnc2c(=S)n3ncn(C)c3nc21. The van der Waals surface area contributed by atoms with E-state index < -0.39 is 39.7 Å². The monoisotopic (exact) mass is 508 g/mol. The number of hydrogen-bond donors (Lipinski definition) is 2. The predicted molar refractivity (Wildman–Crippen MR) is 113 cm³/mol. The first kappa shape index (κ1) is 23.6. The molecule has 0 amide bonds. The molecule has 1 fully saturated rings. The van der Waals surface area contributed by atoms with Crippen molar-refractivity contribution < 1.29 is 37.4 Å². The number of imidazole rings is 1. The predicted octanol–water partition coefficient (Wildman–Crippen LogP) is 1.09. The lowest BCUT2D eigenvalue weighted by Crippen LogP contribution is -2.37. The van der Waals surface area contributed by atoms with Gasteiger partial charge in [-0.3, -0.25) is 18.2 Å². The van der Waals surface area contributed by atoms with E-state index in [0.29, 0.717) is 21.6 Å². The van der Waals surface area contributed by atoms with Crippen molar-refractivity contribution in [2.24, 2.45) is 7.05 Å². The Morgan fingerprint density at radius 1 is 1.22 bits per heavy atom. The van der Waals surface area contributed by atoms with Crippen LogP contribution in [0.25, 0.3) is 16.9 Å². The molecule has 17 heteroatoms. The molecule has 1 saturated heterocycles. The van der Waals surface area contributed by atoms with Gasteiger partial charge in [0, 0.05) is 27.5 Å². The Labute approximate surface area is 186 Å². The van der Waals surface area contributed by atoms with Crippen LogP contribution < -0.4 is 0 Å². The lowest BCUT2D eigenvalue weighted by atomic mass is 10.1. The molecule has 0 bridgehead atoms. The molecule has 0 radical (unpaired) electrons. The number of aryl methyl sites for hydroxylation is 1. The van der Waals surface area contributed by atoms with E-state index in [4.69, 9.17) is 30.7 Å². The molecule has 0 spiro atoms. The van der Waals surface area contributed by atoms with Gasteiger partial charge in [-0.15, -0.1) is 0 Å². The summed E-state index contributed by atoms with van der Waals surface area (Å²) in [6.07, 6.45) is -0.899. The van der Waals surface area contributed by atoms with E-state index in [1.807, 2.05) is 0 Å². The van der Waals surface area contributed by atoms with Gasteiger partial charge < -0.3 is 28.4 Å². The number of methoxy groups -OCH3 is 1. The van der Waals surface area contributed by atoms with Crippen LogP contribution in [0.2, 0.25) is 0 Å². The molecule has 1 aliphatic rings. The van der Waals surface area contributed by atoms with Gasteiger partial charge in [0.1, 0.15) is 30.2 Å². The number of ether oxygens (including phenoxy) is 2. The molecule has 0 saturated carbocycles. The minimum Gasteiger partial charge on any atom is -0.374 e. The summed E-state index contributed by atoms with van der Waals surface area (Å²) >= 11 is 5.48. The maximum atomic E-state index is 12.0. The number of nitrogens with zero attached hydrogens (tertiary/aromatic N) is 6. The van der Waals surface area contributed by atoms with E-state index in [1.54, 1.807) is 22.5 Å². The maximum absolute atomic E-state index is 12.0. The Morgan fingerprint density at radius 2 is 1.94 bits per heavy atom. The summed E-state index contributed by atoms with van der Waals surface area (Å²) in [6.45, 7) is 1.67. The minimum absolute atomic E-state index is 0.338. The van der Waals surface area contributed by atoms with Crippen LogP contribution in [0, 0.1) is 4.64 Å². The van der Waals surface area contributed by atoms with Gasteiger partial charge in [-0.05, 0) is 0 Å². The molecule has 0 aliphatic carbocycles. The highest BCUT2D eigenvalue weighted by Crippen LogP contribution is 2.46. The average molecular weight is 508 g/mol. The summed E-state index contributed by atoms with van der Waals surface area (Å²) in [5.74, 6) is 0.463. The molecule has 0 aromatic carbocycles. The van der Waals surface area contributed by atoms with Gasteiger partial charge in [0.15, 0.2) is 16.5 Å². The lowest BCUT2D eigenvalue weighted by molar-refractivity contribution is -0.0565. The summed E-state index contributed by atoms with van der Waals surface area (Å²) in [7, 11) is -4.67. The third-order valence-corrected chi connectivity index (χ3v) is 6.47. The van der Waals surface area contributed by atoms with Gasteiger partial charge in [-0.25, -0.2) is 4.98 Å². The summed E-state index contributed by atoms with van der Waals surface area (Å²) in [5.41, 5.74) is 0.765. The van der Waals surface area contributed by atoms with Gasteiger partial charge in [0.05, 0.1) is 12.9 Å². The topological polar surface area (TPSA) is 164 Å². The van der Waals surface area contributed by atoms with Crippen molar-refractivity contribution in [3.8, 4) is 0 Å². The Kier molecular flexibility index (Phi) is 6.16. The normalized spacial score (nSPS) is 27.7. The van der Waals surface area contributed by atoms with Crippen molar-refractivity contribution >= 4 is 44.4 Å². The smallest absolute Gasteiger partial charge is 0.325 e. The molecule has 4 heterocycles. The fourth-order valence-electron chi connectivity index (χ4n) is 3.53. The number of hydrogen-bond acceptors (Lipinski definition) is 10. The molecule has 2 unspecified atom stereocenters. The van der Waals surface area contributed by atoms with Crippen LogP contribution in [-0.4, -0.2) is 83.9 Å². The van der Waals surface area contributed by atoms with Gasteiger partial charge in [0.25, 0.3) is 0 Å². The van der Waals surface area contributed by atoms with Crippen LogP contribution in [0.15, 0.2) is 12.7 Å². The first-order chi connectivity index (χ1) is 14.9. The molecule has 1 aliphatic heterocycles. The van der Waals surface area contributed by atoms with Crippen molar-refractivity contribution in [3.63, 3.8) is 0 Å². The fourth-order valence-corrected chi connectivity index (χ4v) is 4.93. The second kappa shape index (κ2) is 8.35. The fraction of sp³-hybridized carbons (Fsp3) is 0.600. The first-order valence-corrected chi connectivity index (χ1v) is 13.7. The van der Waals surface area contributed by atoms with E-state index in [-0.39, 0.29) is 6.61 Å². The third kappa shape index (κ3) is 4.45. The molecular formula is C15H22N6O8P2S. The van der Waals surface area contributed by atoms with Crippen molar-refractivity contribution in [1.82, 2.24) is 28.7 Å². The van der Waals surface area contributed by atoms with Gasteiger partial charge in [-0.1, -0.05) is 12.2 Å². The molecule has 6 atom stereocenters. The van der Waals surface area contributed by atoms with E-state index in [0.717, 1.165) is 13.3 Å². The molecular weight excluding hydrogens is 486 g/mol. The lowest BCUT2D eigenvalue weighted by Gasteiger charge is -2.24. The van der Waals surface area contributed by atoms with Crippen molar-refractivity contribution in [2.75, 3.05) is 27.0 Å². The highest BCUT2D eigenvalue weighted by atomic mass is 32.1. The summed E-state index contributed by atoms with van der Waals surface area (Å²) in [6, 6.07) is 0. The second-order valence-electron chi connectivity index (χ2n) is 7.43. The van der Waals surface area contributed by atoms with Crippen LogP contribution in [0.4, 0.5) is 0 Å². The van der Waals surface area contributed by atoms with Crippen LogP contribution in [0.1, 0.15) is 6.23 Å². The Morgan fingerprint density at radius 3 is 2.56 bits per heavy atom. The zero-order valence-corrected chi connectivity index (χ0v) is 20.1. The summed E-state index contributed by atoms with van der Waals surface area (Å²) in [4.78, 5) is 28.2. The second-order valence-corrected chi connectivity index (χ2v) is 11.5. The Hall–Kier alpha value is -1.54. The minimum atomic E-state index is -3.98. The molecule has 32 heavy (non-hydrogen) atoms. The maximum Gasteiger partial charge on any atom is 0.325 e. The summed E-state index contributed by atoms with van der Waals surface area (Å²) < 4.78 is 50.6. The average Bonchev–Trinajstić information content (AvgIpc) is 3.35. The van der Waals surface area contributed by atoms with Crippen LogP contribution in [-0.2, 0) is 34.7 Å². The Balaban J connectivity index is 1.78. The molecule has 3 aromatic heterocycles. The quantitative estimate of drug-likeness (QED) is 0.345. The molecule has 2 N–H and O–H groups in total. The van der Waals surface area contributed by atoms with Gasteiger partial charge in [-0.2, -0.15) is 14.6 Å². The zero-order valence-electron chi connectivity index (χ0n) is 17.5. The molecule has 3 aromatic rings. The molecule has 176 valence electrons. The largest absolute Gasteiger partial charge is 0.374 e. The Bertz CT molecular complexity index is 1310.